The lowest BCUT2D eigenvalue weighted by atomic mass is 10.0. The highest BCUT2D eigenvalue weighted by Gasteiger charge is 2.44. The summed E-state index contributed by atoms with van der Waals surface area (Å²) in [6.45, 7) is 9.90. The second-order valence-electron chi connectivity index (χ2n) is 5.65. The number of aromatic nitrogens is 2. The van der Waals surface area contributed by atoms with Crippen molar-refractivity contribution in [2.45, 2.75) is 45.2 Å². The van der Waals surface area contributed by atoms with Crippen molar-refractivity contribution in [2.24, 2.45) is 5.73 Å². The molecule has 1 aromatic heterocycles. The Morgan fingerprint density at radius 2 is 2.00 bits per heavy atom. The Bertz CT molecular complexity index is 439. The molecule has 1 aliphatic heterocycles. The number of hydrogen-bond donors (Lipinski definition) is 1. The molecule has 0 bridgehead atoms. The van der Waals surface area contributed by atoms with Gasteiger partial charge in [-0.2, -0.15) is 5.10 Å². The molecule has 0 spiro atoms. The molecule has 94 valence electrons. The van der Waals surface area contributed by atoms with Gasteiger partial charge in [-0.1, -0.05) is 6.92 Å². The van der Waals surface area contributed by atoms with Gasteiger partial charge < -0.3 is 5.73 Å². The molecule has 2 N–H and O–H groups in total. The Morgan fingerprint density at radius 1 is 1.35 bits per heavy atom. The van der Waals surface area contributed by atoms with E-state index in [0.717, 1.165) is 38.2 Å². The van der Waals surface area contributed by atoms with Crippen molar-refractivity contribution in [1.29, 1.82) is 0 Å². The highest BCUT2D eigenvalue weighted by Crippen LogP contribution is 2.45. The molecule has 1 aromatic rings. The van der Waals surface area contributed by atoms with E-state index in [-0.39, 0.29) is 5.54 Å². The predicted molar refractivity (Wildman–Crippen MR) is 68.0 cm³/mol. The first-order valence-corrected chi connectivity index (χ1v) is 6.62. The van der Waals surface area contributed by atoms with Crippen molar-refractivity contribution < 1.29 is 0 Å². The summed E-state index contributed by atoms with van der Waals surface area (Å²) in [5.74, 6) is 0. The molecule has 0 aromatic carbocycles. The van der Waals surface area contributed by atoms with Crippen LogP contribution in [0.4, 0.5) is 0 Å². The van der Waals surface area contributed by atoms with E-state index in [4.69, 9.17) is 10.8 Å². The Morgan fingerprint density at radius 3 is 2.53 bits per heavy atom. The van der Waals surface area contributed by atoms with Gasteiger partial charge in [0.05, 0.1) is 11.7 Å². The van der Waals surface area contributed by atoms with E-state index < -0.39 is 0 Å². The van der Waals surface area contributed by atoms with Gasteiger partial charge in [0.15, 0.2) is 0 Å². The van der Waals surface area contributed by atoms with E-state index >= 15 is 0 Å². The SMILES string of the molecule is CCN1CC(n2nc(C)c(C3(N)CC3)c2C)C1. The summed E-state index contributed by atoms with van der Waals surface area (Å²) >= 11 is 0. The normalized spacial score (nSPS) is 23.8. The number of rotatable bonds is 3. The van der Waals surface area contributed by atoms with Crippen LogP contribution in [0.5, 0.6) is 0 Å². The van der Waals surface area contributed by atoms with Crippen molar-refractivity contribution in [3.8, 4) is 0 Å². The molecule has 17 heavy (non-hydrogen) atoms. The molecule has 4 nitrogen and oxygen atoms in total. The maximum atomic E-state index is 6.33. The fourth-order valence-electron chi connectivity index (χ4n) is 3.08. The van der Waals surface area contributed by atoms with Gasteiger partial charge in [-0.05, 0) is 33.2 Å². The number of likely N-dealkylation sites (N-methyl/N-ethyl adjacent to an activating group) is 1. The molecular weight excluding hydrogens is 212 g/mol. The molecule has 2 heterocycles. The van der Waals surface area contributed by atoms with Crippen molar-refractivity contribution in [3.63, 3.8) is 0 Å². The molecule has 1 saturated heterocycles. The van der Waals surface area contributed by atoms with Gasteiger partial charge in [0.25, 0.3) is 0 Å². The number of nitrogens with two attached hydrogens (primary N) is 1. The lowest BCUT2D eigenvalue weighted by molar-refractivity contribution is 0.104. The zero-order valence-corrected chi connectivity index (χ0v) is 11.0. The quantitative estimate of drug-likeness (QED) is 0.858. The van der Waals surface area contributed by atoms with E-state index in [9.17, 15) is 0 Å². The van der Waals surface area contributed by atoms with Gasteiger partial charge in [-0.25, -0.2) is 0 Å². The highest BCUT2D eigenvalue weighted by atomic mass is 15.4. The summed E-state index contributed by atoms with van der Waals surface area (Å²) in [5.41, 5.74) is 10.0. The van der Waals surface area contributed by atoms with Gasteiger partial charge in [-0.3, -0.25) is 9.58 Å². The van der Waals surface area contributed by atoms with Crippen LogP contribution in [-0.4, -0.2) is 34.3 Å². The van der Waals surface area contributed by atoms with Crippen LogP contribution in [0.25, 0.3) is 0 Å². The smallest absolute Gasteiger partial charge is 0.0776 e. The van der Waals surface area contributed by atoms with Crippen LogP contribution in [0.1, 0.15) is 42.8 Å². The third-order valence-corrected chi connectivity index (χ3v) is 4.34. The van der Waals surface area contributed by atoms with Crippen molar-refractivity contribution in [2.75, 3.05) is 19.6 Å². The molecule has 1 aliphatic carbocycles. The average molecular weight is 234 g/mol. The molecule has 0 atom stereocenters. The Labute approximate surface area is 103 Å². The van der Waals surface area contributed by atoms with Gasteiger partial charge >= 0.3 is 0 Å². The van der Waals surface area contributed by atoms with Crippen LogP contribution in [0, 0.1) is 13.8 Å². The lowest BCUT2D eigenvalue weighted by Gasteiger charge is -2.39. The third-order valence-electron chi connectivity index (χ3n) is 4.34. The van der Waals surface area contributed by atoms with E-state index in [0.29, 0.717) is 6.04 Å². The molecule has 4 heteroatoms. The minimum Gasteiger partial charge on any atom is -0.321 e. The zero-order valence-electron chi connectivity index (χ0n) is 11.0. The third kappa shape index (κ3) is 1.62. The summed E-state index contributed by atoms with van der Waals surface area (Å²) in [7, 11) is 0. The second kappa shape index (κ2) is 3.56. The first-order valence-electron chi connectivity index (χ1n) is 6.62. The Balaban J connectivity index is 1.87. The topological polar surface area (TPSA) is 47.1 Å². The zero-order chi connectivity index (χ0) is 12.2. The van der Waals surface area contributed by atoms with E-state index in [1.165, 1.54) is 11.3 Å². The van der Waals surface area contributed by atoms with Crippen LogP contribution < -0.4 is 5.73 Å². The molecular formula is C13H22N4. The average Bonchev–Trinajstić information content (AvgIpc) is 2.86. The minimum absolute atomic E-state index is 0.0550. The number of nitrogens with zero attached hydrogens (tertiary/aromatic N) is 3. The molecule has 2 aliphatic rings. The number of likely N-dealkylation sites (tertiary alicyclic amines) is 1. The van der Waals surface area contributed by atoms with Gasteiger partial charge in [-0.15, -0.1) is 0 Å². The van der Waals surface area contributed by atoms with Crippen molar-refractivity contribution in [3.05, 3.63) is 17.0 Å². The van der Waals surface area contributed by atoms with Crippen LogP contribution in [0.2, 0.25) is 0 Å². The Kier molecular flexibility index (Phi) is 2.35. The molecule has 3 rings (SSSR count). The molecule has 1 saturated carbocycles. The standard InChI is InChI=1S/C13H22N4/c1-4-16-7-11(8-16)17-10(3)12(9(2)15-17)13(14)5-6-13/h11H,4-8,14H2,1-3H3. The van der Waals surface area contributed by atoms with Crippen LogP contribution in [0.15, 0.2) is 0 Å². The van der Waals surface area contributed by atoms with Gasteiger partial charge in [0.2, 0.25) is 0 Å². The maximum Gasteiger partial charge on any atom is 0.0776 e. The lowest BCUT2D eigenvalue weighted by Crippen LogP contribution is -2.47. The van der Waals surface area contributed by atoms with E-state index in [1.807, 2.05) is 0 Å². The Hall–Kier alpha value is -0.870. The summed E-state index contributed by atoms with van der Waals surface area (Å²) in [5, 5.41) is 4.72. The minimum atomic E-state index is -0.0550. The highest BCUT2D eigenvalue weighted by molar-refractivity contribution is 5.37. The largest absolute Gasteiger partial charge is 0.321 e. The summed E-state index contributed by atoms with van der Waals surface area (Å²) < 4.78 is 2.21. The first kappa shape index (κ1) is 11.2. The van der Waals surface area contributed by atoms with Gasteiger partial charge in [0, 0.05) is 29.9 Å². The van der Waals surface area contributed by atoms with Gasteiger partial charge in [0.1, 0.15) is 0 Å². The van der Waals surface area contributed by atoms with E-state index in [2.05, 4.69) is 30.4 Å². The molecule has 0 unspecified atom stereocenters. The van der Waals surface area contributed by atoms with Crippen LogP contribution in [0.3, 0.4) is 0 Å². The second-order valence-corrected chi connectivity index (χ2v) is 5.65. The molecule has 2 fully saturated rings. The van der Waals surface area contributed by atoms with E-state index in [1.54, 1.807) is 0 Å². The molecule has 0 radical (unpaired) electrons. The summed E-state index contributed by atoms with van der Waals surface area (Å²) in [6, 6.07) is 0.560. The first-order chi connectivity index (χ1) is 8.05. The monoisotopic (exact) mass is 234 g/mol. The van der Waals surface area contributed by atoms with Crippen molar-refractivity contribution >= 4 is 0 Å². The number of hydrogen-bond acceptors (Lipinski definition) is 3. The van der Waals surface area contributed by atoms with Crippen LogP contribution in [-0.2, 0) is 5.54 Å². The summed E-state index contributed by atoms with van der Waals surface area (Å²) in [6.07, 6.45) is 2.23. The maximum absolute atomic E-state index is 6.33. The predicted octanol–water partition coefficient (Wildman–Crippen LogP) is 1.32. The fourth-order valence-corrected chi connectivity index (χ4v) is 3.08. The summed E-state index contributed by atoms with van der Waals surface area (Å²) in [4.78, 5) is 2.44. The van der Waals surface area contributed by atoms with Crippen molar-refractivity contribution in [1.82, 2.24) is 14.7 Å². The van der Waals surface area contributed by atoms with Crippen LogP contribution >= 0.6 is 0 Å². The fraction of sp³-hybridized carbons (Fsp3) is 0.769. The molecule has 0 amide bonds. The number of aryl methyl sites for hydroxylation is 1.